The van der Waals surface area contributed by atoms with Gasteiger partial charge >= 0.3 is 0 Å². The van der Waals surface area contributed by atoms with Crippen LogP contribution in [0.4, 0.5) is 5.13 Å². The van der Waals surface area contributed by atoms with Gasteiger partial charge in [-0.3, -0.25) is 14.5 Å². The Morgan fingerprint density at radius 1 is 1.15 bits per heavy atom. The van der Waals surface area contributed by atoms with Crippen LogP contribution in [0.15, 0.2) is 53.4 Å². The molecule has 1 N–H and O–H groups in total. The number of nitrogens with one attached hydrogen (secondary N) is 1. The zero-order valence-corrected chi connectivity index (χ0v) is 20.5. The molecule has 1 fully saturated rings. The molecule has 170 valence electrons. The SMILES string of the molecule is COc1ccc(C=C2SC(=S)N(CCCCCC(=O)Nc3nc4ccccc4s3)C2=O)cc1. The van der Waals surface area contributed by atoms with Gasteiger partial charge in [0.25, 0.3) is 5.91 Å². The number of hydrogen-bond donors (Lipinski definition) is 1. The van der Waals surface area contributed by atoms with Gasteiger partial charge in [0.1, 0.15) is 10.1 Å². The lowest BCUT2D eigenvalue weighted by Gasteiger charge is -2.14. The third-order valence-electron chi connectivity index (χ3n) is 5.11. The zero-order chi connectivity index (χ0) is 23.2. The highest BCUT2D eigenvalue weighted by molar-refractivity contribution is 8.26. The minimum atomic E-state index is -0.0607. The maximum atomic E-state index is 12.7. The van der Waals surface area contributed by atoms with Gasteiger partial charge in [0.15, 0.2) is 5.13 Å². The van der Waals surface area contributed by atoms with Gasteiger partial charge in [-0.1, -0.05) is 66.0 Å². The fourth-order valence-electron chi connectivity index (χ4n) is 3.38. The Balaban J connectivity index is 1.20. The number of methoxy groups -OCH3 is 1. The van der Waals surface area contributed by atoms with Gasteiger partial charge in [0, 0.05) is 13.0 Å². The third kappa shape index (κ3) is 5.98. The van der Waals surface area contributed by atoms with Crippen LogP contribution in [0, 0.1) is 0 Å². The second-order valence-corrected chi connectivity index (χ2v) is 10.2. The maximum absolute atomic E-state index is 12.7. The molecule has 1 aromatic heterocycles. The summed E-state index contributed by atoms with van der Waals surface area (Å²) in [6, 6.07) is 15.3. The molecule has 3 aromatic rings. The molecule has 9 heteroatoms. The summed E-state index contributed by atoms with van der Waals surface area (Å²) in [6.07, 6.45) is 4.64. The van der Waals surface area contributed by atoms with E-state index in [4.69, 9.17) is 17.0 Å². The van der Waals surface area contributed by atoms with E-state index in [0.29, 0.717) is 27.3 Å². The van der Waals surface area contributed by atoms with Crippen LogP contribution >= 0.6 is 35.3 Å². The Bertz CT molecular complexity index is 1170. The summed E-state index contributed by atoms with van der Waals surface area (Å²) < 4.78 is 6.80. The van der Waals surface area contributed by atoms with Gasteiger partial charge in [0.05, 0.1) is 22.2 Å². The van der Waals surface area contributed by atoms with Gasteiger partial charge in [-0.15, -0.1) is 0 Å². The molecule has 2 amide bonds. The van der Waals surface area contributed by atoms with Crippen LogP contribution in [0.2, 0.25) is 0 Å². The third-order valence-corrected chi connectivity index (χ3v) is 7.44. The molecule has 33 heavy (non-hydrogen) atoms. The summed E-state index contributed by atoms with van der Waals surface area (Å²) in [5.74, 6) is 0.671. The normalized spacial score (nSPS) is 14.9. The molecule has 1 aliphatic rings. The van der Waals surface area contributed by atoms with E-state index < -0.39 is 0 Å². The number of para-hydroxylation sites is 1. The van der Waals surface area contributed by atoms with Crippen molar-refractivity contribution in [3.8, 4) is 5.75 Å². The van der Waals surface area contributed by atoms with Crippen molar-refractivity contribution < 1.29 is 14.3 Å². The number of rotatable bonds is 9. The van der Waals surface area contributed by atoms with Gasteiger partial charge in [-0.25, -0.2) is 4.98 Å². The average molecular weight is 498 g/mol. The number of thiazole rings is 1. The molecular formula is C24H23N3O3S3. The zero-order valence-electron chi connectivity index (χ0n) is 18.1. The highest BCUT2D eigenvalue weighted by Crippen LogP contribution is 2.33. The van der Waals surface area contributed by atoms with E-state index in [9.17, 15) is 9.59 Å². The standard InChI is InChI=1S/C24H23N3O3S3/c1-30-17-12-10-16(11-13-17)15-20-22(29)27(24(31)33-20)14-6-2-3-9-21(28)26-23-25-18-7-4-5-8-19(18)32-23/h4-5,7-8,10-13,15H,2-3,6,9,14H2,1H3,(H,25,26,28). The number of nitrogens with zero attached hydrogens (tertiary/aromatic N) is 2. The summed E-state index contributed by atoms with van der Waals surface area (Å²) in [5.41, 5.74) is 1.82. The number of carbonyl (C=O) groups is 2. The second kappa shape index (κ2) is 10.9. The number of thioether (sulfide) groups is 1. The molecule has 0 spiro atoms. The largest absolute Gasteiger partial charge is 0.497 e. The molecule has 2 aromatic carbocycles. The Morgan fingerprint density at radius 2 is 1.94 bits per heavy atom. The summed E-state index contributed by atoms with van der Waals surface area (Å²) in [4.78, 5) is 31.7. The van der Waals surface area contributed by atoms with Gasteiger partial charge in [0.2, 0.25) is 5.91 Å². The van der Waals surface area contributed by atoms with Crippen molar-refractivity contribution in [2.24, 2.45) is 0 Å². The molecule has 0 radical (unpaired) electrons. The smallest absolute Gasteiger partial charge is 0.266 e. The number of thiocarbonyl (C=S) groups is 1. The number of benzene rings is 2. The minimum Gasteiger partial charge on any atom is -0.497 e. The lowest BCUT2D eigenvalue weighted by Crippen LogP contribution is -2.29. The lowest BCUT2D eigenvalue weighted by molar-refractivity contribution is -0.122. The van der Waals surface area contributed by atoms with Crippen LogP contribution in [0.1, 0.15) is 31.2 Å². The molecule has 0 bridgehead atoms. The van der Waals surface area contributed by atoms with E-state index in [1.807, 2.05) is 54.6 Å². The van der Waals surface area contributed by atoms with Gasteiger partial charge in [-0.2, -0.15) is 0 Å². The van der Waals surface area contributed by atoms with Gasteiger partial charge in [-0.05, 0) is 48.7 Å². The van der Waals surface area contributed by atoms with Crippen molar-refractivity contribution in [3.05, 3.63) is 59.0 Å². The van der Waals surface area contributed by atoms with Crippen LogP contribution in [0.5, 0.6) is 5.75 Å². The summed E-state index contributed by atoms with van der Waals surface area (Å²) >= 11 is 8.21. The number of carbonyl (C=O) groups excluding carboxylic acids is 2. The van der Waals surface area contributed by atoms with E-state index in [-0.39, 0.29) is 11.8 Å². The van der Waals surface area contributed by atoms with Gasteiger partial charge < -0.3 is 10.1 Å². The van der Waals surface area contributed by atoms with Crippen molar-refractivity contribution >= 4 is 72.9 Å². The first-order valence-corrected chi connectivity index (χ1v) is 12.6. The minimum absolute atomic E-state index is 0.0397. The van der Waals surface area contributed by atoms with Crippen LogP contribution < -0.4 is 10.1 Å². The number of aromatic nitrogens is 1. The highest BCUT2D eigenvalue weighted by atomic mass is 32.2. The summed E-state index contributed by atoms with van der Waals surface area (Å²) in [7, 11) is 1.62. The molecule has 0 aliphatic carbocycles. The Morgan fingerprint density at radius 3 is 2.70 bits per heavy atom. The molecule has 2 heterocycles. The monoisotopic (exact) mass is 497 g/mol. The number of unbranched alkanes of at least 4 members (excludes halogenated alkanes) is 2. The van der Waals surface area contributed by atoms with Crippen LogP contribution in [0.25, 0.3) is 16.3 Å². The van der Waals surface area contributed by atoms with E-state index in [2.05, 4.69) is 10.3 Å². The predicted octanol–water partition coefficient (Wildman–Crippen LogP) is 5.71. The topological polar surface area (TPSA) is 71.5 Å². The number of hydrogen-bond acceptors (Lipinski definition) is 7. The van der Waals surface area contributed by atoms with Crippen LogP contribution in [-0.4, -0.2) is 39.7 Å². The van der Waals surface area contributed by atoms with Crippen molar-refractivity contribution in [1.29, 1.82) is 0 Å². The maximum Gasteiger partial charge on any atom is 0.266 e. The molecule has 0 unspecified atom stereocenters. The predicted molar refractivity (Wildman–Crippen MR) is 140 cm³/mol. The van der Waals surface area contributed by atoms with Crippen LogP contribution in [0.3, 0.4) is 0 Å². The first-order chi connectivity index (χ1) is 16.0. The van der Waals surface area contributed by atoms with E-state index in [1.54, 1.807) is 12.0 Å². The highest BCUT2D eigenvalue weighted by Gasteiger charge is 2.31. The Labute approximate surface area is 206 Å². The van der Waals surface area contributed by atoms with E-state index in [0.717, 1.165) is 40.8 Å². The summed E-state index contributed by atoms with van der Waals surface area (Å²) in [5, 5.41) is 3.51. The number of amides is 2. The quantitative estimate of drug-likeness (QED) is 0.232. The first-order valence-electron chi connectivity index (χ1n) is 10.6. The number of fused-ring (bicyclic) bond motifs is 1. The molecule has 4 rings (SSSR count). The lowest BCUT2D eigenvalue weighted by atomic mass is 10.1. The molecule has 1 saturated heterocycles. The molecule has 0 saturated carbocycles. The van der Waals surface area contributed by atoms with Crippen molar-refractivity contribution in [2.45, 2.75) is 25.7 Å². The Kier molecular flexibility index (Phi) is 7.74. The molecule has 0 atom stereocenters. The van der Waals surface area contributed by atoms with Crippen molar-refractivity contribution in [1.82, 2.24) is 9.88 Å². The van der Waals surface area contributed by atoms with E-state index in [1.165, 1.54) is 23.1 Å². The second-order valence-electron chi connectivity index (χ2n) is 7.45. The van der Waals surface area contributed by atoms with Crippen molar-refractivity contribution in [2.75, 3.05) is 19.0 Å². The molecular weight excluding hydrogens is 474 g/mol. The summed E-state index contributed by atoms with van der Waals surface area (Å²) in [6.45, 7) is 0.560. The van der Waals surface area contributed by atoms with Crippen molar-refractivity contribution in [3.63, 3.8) is 0 Å². The Hall–Kier alpha value is -2.75. The first kappa shape index (κ1) is 23.4. The van der Waals surface area contributed by atoms with Crippen LogP contribution in [-0.2, 0) is 9.59 Å². The number of anilines is 1. The fourth-order valence-corrected chi connectivity index (χ4v) is 5.57. The number of ether oxygens (including phenoxy) is 1. The molecule has 1 aliphatic heterocycles. The van der Waals surface area contributed by atoms with E-state index >= 15 is 0 Å². The fraction of sp³-hybridized carbons (Fsp3) is 0.250. The average Bonchev–Trinajstić information content (AvgIpc) is 3.34. The molecule has 6 nitrogen and oxygen atoms in total.